The second-order valence-electron chi connectivity index (χ2n) is 3.95. The van der Waals surface area contributed by atoms with Crippen molar-refractivity contribution in [2.45, 2.75) is 38.5 Å². The fourth-order valence-corrected chi connectivity index (χ4v) is 1.67. The van der Waals surface area contributed by atoms with Crippen molar-refractivity contribution in [2.24, 2.45) is 0 Å². The summed E-state index contributed by atoms with van der Waals surface area (Å²) in [4.78, 5) is 0. The van der Waals surface area contributed by atoms with Gasteiger partial charge in [-0.25, -0.2) is 0 Å². The van der Waals surface area contributed by atoms with Crippen LogP contribution >= 0.6 is 0 Å². The largest absolute Gasteiger partial charge is 0.490 e. The molecule has 1 aromatic carbocycles. The maximum atomic E-state index is 12.7. The van der Waals surface area contributed by atoms with Gasteiger partial charge < -0.3 is 4.74 Å². The van der Waals surface area contributed by atoms with E-state index in [1.165, 1.54) is 6.07 Å². The summed E-state index contributed by atoms with van der Waals surface area (Å²) in [5.74, 6) is 0.389. The first-order chi connectivity index (χ1) is 7.52. The third-order valence-electron chi connectivity index (χ3n) is 2.61. The van der Waals surface area contributed by atoms with E-state index in [9.17, 15) is 13.2 Å². The van der Waals surface area contributed by atoms with Gasteiger partial charge in [0.15, 0.2) is 0 Å². The van der Waals surface area contributed by atoms with E-state index in [0.717, 1.165) is 18.9 Å². The van der Waals surface area contributed by atoms with Crippen molar-refractivity contribution in [3.8, 4) is 5.75 Å². The lowest BCUT2D eigenvalue weighted by Crippen LogP contribution is -2.11. The fraction of sp³-hybridized carbons (Fsp3) is 0.500. The van der Waals surface area contributed by atoms with Crippen molar-refractivity contribution in [1.82, 2.24) is 0 Å². The zero-order chi connectivity index (χ0) is 11.8. The summed E-state index contributed by atoms with van der Waals surface area (Å²) in [5.41, 5.74) is -0.310. The van der Waals surface area contributed by atoms with Crippen LogP contribution in [0.5, 0.6) is 5.75 Å². The summed E-state index contributed by atoms with van der Waals surface area (Å²) in [6, 6.07) is 4.13. The lowest BCUT2D eigenvalue weighted by molar-refractivity contribution is -0.138. The average Bonchev–Trinajstić information content (AvgIpc) is 3.00. The molecule has 0 bridgehead atoms. The maximum absolute atomic E-state index is 12.7. The summed E-state index contributed by atoms with van der Waals surface area (Å²) >= 11 is 0. The average molecular weight is 230 g/mol. The first kappa shape index (κ1) is 11.3. The number of benzene rings is 1. The second kappa shape index (κ2) is 4.00. The predicted molar refractivity (Wildman–Crippen MR) is 54.5 cm³/mol. The van der Waals surface area contributed by atoms with Gasteiger partial charge in [-0.2, -0.15) is 13.2 Å². The van der Waals surface area contributed by atoms with Crippen molar-refractivity contribution in [3.63, 3.8) is 0 Å². The zero-order valence-electron chi connectivity index (χ0n) is 8.97. The highest BCUT2D eigenvalue weighted by atomic mass is 19.4. The molecule has 0 aromatic heterocycles. The molecule has 1 saturated carbocycles. The molecule has 0 aliphatic heterocycles. The topological polar surface area (TPSA) is 9.23 Å². The Kier molecular flexibility index (Phi) is 2.82. The highest BCUT2D eigenvalue weighted by Crippen LogP contribution is 2.38. The van der Waals surface area contributed by atoms with E-state index < -0.39 is 11.7 Å². The molecule has 1 aromatic rings. The van der Waals surface area contributed by atoms with E-state index in [1.807, 2.05) is 0 Å². The van der Waals surface area contributed by atoms with Gasteiger partial charge in [-0.1, -0.05) is 13.0 Å². The van der Waals surface area contributed by atoms with E-state index in [4.69, 9.17) is 4.74 Å². The maximum Gasteiger partial charge on any atom is 0.416 e. The highest BCUT2D eigenvalue weighted by Gasteiger charge is 2.34. The van der Waals surface area contributed by atoms with Crippen LogP contribution in [0.3, 0.4) is 0 Å². The second-order valence-corrected chi connectivity index (χ2v) is 3.95. The van der Waals surface area contributed by atoms with Gasteiger partial charge in [-0.3, -0.25) is 0 Å². The number of alkyl halides is 3. The molecule has 0 N–H and O–H groups in total. The van der Waals surface area contributed by atoms with Crippen LogP contribution < -0.4 is 4.74 Å². The van der Waals surface area contributed by atoms with Crippen LogP contribution in [0.1, 0.15) is 30.9 Å². The van der Waals surface area contributed by atoms with Crippen LogP contribution in [0.2, 0.25) is 0 Å². The molecule has 4 heteroatoms. The van der Waals surface area contributed by atoms with Crippen LogP contribution in [0.25, 0.3) is 0 Å². The Bertz CT molecular complexity index is 380. The van der Waals surface area contributed by atoms with Gasteiger partial charge in [0.05, 0.1) is 11.7 Å². The van der Waals surface area contributed by atoms with Crippen molar-refractivity contribution >= 4 is 0 Å². The lowest BCUT2D eigenvalue weighted by atomic mass is 10.0. The fourth-order valence-electron chi connectivity index (χ4n) is 1.67. The number of halogens is 3. The predicted octanol–water partition coefficient (Wildman–Crippen LogP) is 3.81. The third-order valence-corrected chi connectivity index (χ3v) is 2.61. The number of hydrogen-bond acceptors (Lipinski definition) is 1. The number of rotatable bonds is 3. The molecule has 2 rings (SSSR count). The zero-order valence-corrected chi connectivity index (χ0v) is 8.97. The molecule has 0 unspecified atom stereocenters. The molecule has 1 nitrogen and oxygen atoms in total. The summed E-state index contributed by atoms with van der Waals surface area (Å²) in [5, 5.41) is 0. The van der Waals surface area contributed by atoms with E-state index in [0.29, 0.717) is 12.2 Å². The van der Waals surface area contributed by atoms with E-state index in [1.54, 1.807) is 13.0 Å². The normalized spacial score (nSPS) is 16.2. The van der Waals surface area contributed by atoms with Crippen molar-refractivity contribution in [1.29, 1.82) is 0 Å². The number of ether oxygens (including phenoxy) is 1. The molecule has 0 amide bonds. The van der Waals surface area contributed by atoms with Gasteiger partial charge in [0.2, 0.25) is 0 Å². The molecule has 1 aliphatic rings. The molecule has 0 atom stereocenters. The SMILES string of the molecule is CCc1c(OC2CC2)cccc1C(F)(F)F. The molecule has 1 fully saturated rings. The Hall–Kier alpha value is -1.19. The van der Waals surface area contributed by atoms with Crippen LogP contribution in [0, 0.1) is 0 Å². The van der Waals surface area contributed by atoms with E-state index >= 15 is 0 Å². The van der Waals surface area contributed by atoms with Gasteiger partial charge >= 0.3 is 6.18 Å². The van der Waals surface area contributed by atoms with Gasteiger partial charge in [-0.05, 0) is 31.4 Å². The first-order valence-electron chi connectivity index (χ1n) is 5.38. The van der Waals surface area contributed by atoms with E-state index in [-0.39, 0.29) is 11.7 Å². The summed E-state index contributed by atoms with van der Waals surface area (Å²) in [6.07, 6.45) is -1.96. The molecule has 0 spiro atoms. The monoisotopic (exact) mass is 230 g/mol. The molecule has 0 saturated heterocycles. The third kappa shape index (κ3) is 2.31. The molecular weight excluding hydrogens is 217 g/mol. The minimum Gasteiger partial charge on any atom is -0.490 e. The van der Waals surface area contributed by atoms with Gasteiger partial charge in [0.1, 0.15) is 5.75 Å². The van der Waals surface area contributed by atoms with Crippen molar-refractivity contribution in [3.05, 3.63) is 29.3 Å². The minimum atomic E-state index is -4.30. The molecular formula is C12H13F3O. The Morgan fingerprint density at radius 3 is 2.50 bits per heavy atom. The minimum absolute atomic E-state index is 0.119. The Labute approximate surface area is 92.2 Å². The molecule has 1 aliphatic carbocycles. The van der Waals surface area contributed by atoms with Crippen molar-refractivity contribution in [2.75, 3.05) is 0 Å². The standard InChI is InChI=1S/C12H13F3O/c1-2-9-10(12(13,14)15)4-3-5-11(9)16-8-6-7-8/h3-5,8H,2,6-7H2,1H3. The smallest absolute Gasteiger partial charge is 0.416 e. The molecule has 88 valence electrons. The highest BCUT2D eigenvalue weighted by molar-refractivity contribution is 5.42. The van der Waals surface area contributed by atoms with Crippen LogP contribution in [-0.2, 0) is 12.6 Å². The summed E-state index contributed by atoms with van der Waals surface area (Å²) in [7, 11) is 0. The van der Waals surface area contributed by atoms with Gasteiger partial charge in [0, 0.05) is 5.56 Å². The summed E-state index contributed by atoms with van der Waals surface area (Å²) < 4.78 is 43.6. The number of hydrogen-bond donors (Lipinski definition) is 0. The summed E-state index contributed by atoms with van der Waals surface area (Å²) in [6.45, 7) is 1.71. The van der Waals surface area contributed by atoms with Gasteiger partial charge in [0.25, 0.3) is 0 Å². The molecule has 16 heavy (non-hydrogen) atoms. The molecule has 0 heterocycles. The van der Waals surface area contributed by atoms with E-state index in [2.05, 4.69) is 0 Å². The molecule has 0 radical (unpaired) electrons. The Morgan fingerprint density at radius 2 is 2.00 bits per heavy atom. The lowest BCUT2D eigenvalue weighted by Gasteiger charge is -2.16. The van der Waals surface area contributed by atoms with Crippen LogP contribution in [0.4, 0.5) is 13.2 Å². The first-order valence-corrected chi connectivity index (χ1v) is 5.38. The van der Waals surface area contributed by atoms with Crippen LogP contribution in [-0.4, -0.2) is 6.10 Å². The van der Waals surface area contributed by atoms with Crippen molar-refractivity contribution < 1.29 is 17.9 Å². The van der Waals surface area contributed by atoms with Gasteiger partial charge in [-0.15, -0.1) is 0 Å². The van der Waals surface area contributed by atoms with Crippen LogP contribution in [0.15, 0.2) is 18.2 Å². The quantitative estimate of drug-likeness (QED) is 0.767. The Balaban J connectivity index is 2.37. The Morgan fingerprint density at radius 1 is 1.31 bits per heavy atom.